The van der Waals surface area contributed by atoms with E-state index in [1.54, 1.807) is 11.3 Å². The lowest BCUT2D eigenvalue weighted by Crippen LogP contribution is -2.30. The van der Waals surface area contributed by atoms with E-state index in [1.165, 1.54) is 17.7 Å². The number of para-hydroxylation sites is 1. The zero-order valence-electron chi connectivity index (χ0n) is 17.3. The first kappa shape index (κ1) is 20.1. The molecule has 1 saturated heterocycles. The van der Waals surface area contributed by atoms with Crippen molar-refractivity contribution in [1.29, 1.82) is 0 Å². The van der Waals surface area contributed by atoms with Crippen molar-refractivity contribution < 1.29 is 4.74 Å². The molecule has 0 bridgehead atoms. The van der Waals surface area contributed by atoms with Crippen molar-refractivity contribution in [2.75, 3.05) is 19.7 Å². The quantitative estimate of drug-likeness (QED) is 0.511. The number of fused-ring (bicyclic) bond motifs is 1. The number of rotatable bonds is 8. The van der Waals surface area contributed by atoms with Crippen LogP contribution in [0.25, 0.3) is 10.2 Å². The van der Waals surface area contributed by atoms with Crippen LogP contribution in [0.15, 0.2) is 35.1 Å². The Hall–Kier alpha value is -2.18. The predicted octanol–water partition coefficient (Wildman–Crippen LogP) is 4.53. The molecule has 0 radical (unpaired) electrons. The molecule has 1 aliphatic rings. The number of aromatic nitrogens is 2. The Morgan fingerprint density at radius 2 is 1.86 bits per heavy atom. The van der Waals surface area contributed by atoms with Crippen molar-refractivity contribution >= 4 is 21.6 Å². The summed E-state index contributed by atoms with van der Waals surface area (Å²) in [5.41, 5.74) is 1.20. The second kappa shape index (κ2) is 9.09. The zero-order valence-corrected chi connectivity index (χ0v) is 18.1. The van der Waals surface area contributed by atoms with Crippen LogP contribution in [0.2, 0.25) is 0 Å². The average molecular weight is 412 g/mol. The highest BCUT2D eigenvalue weighted by atomic mass is 32.1. The van der Waals surface area contributed by atoms with E-state index in [2.05, 4.69) is 11.8 Å². The first-order valence-electron chi connectivity index (χ1n) is 10.5. The van der Waals surface area contributed by atoms with Crippen LogP contribution in [0.3, 0.4) is 0 Å². The smallest absolute Gasteiger partial charge is 0.262 e. The van der Waals surface area contributed by atoms with Gasteiger partial charge in [-0.05, 0) is 70.3 Å². The third-order valence-corrected chi connectivity index (χ3v) is 6.82. The fourth-order valence-corrected chi connectivity index (χ4v) is 4.98. The number of aryl methyl sites for hydroxylation is 2. The number of likely N-dealkylation sites (tertiary alicyclic amines) is 1. The van der Waals surface area contributed by atoms with Gasteiger partial charge in [0.2, 0.25) is 0 Å². The maximum atomic E-state index is 13.3. The van der Waals surface area contributed by atoms with Crippen molar-refractivity contribution in [2.45, 2.75) is 52.6 Å². The fraction of sp³-hybridized carbons (Fsp3) is 0.478. The maximum absolute atomic E-state index is 13.3. The number of hydrogen-bond donors (Lipinski definition) is 0. The van der Waals surface area contributed by atoms with Gasteiger partial charge in [0, 0.05) is 11.4 Å². The molecule has 4 rings (SSSR count). The van der Waals surface area contributed by atoms with Gasteiger partial charge in [-0.3, -0.25) is 14.3 Å². The normalized spacial score (nSPS) is 14.7. The van der Waals surface area contributed by atoms with Crippen LogP contribution in [-0.2, 0) is 13.1 Å². The van der Waals surface area contributed by atoms with Crippen LogP contribution in [0.4, 0.5) is 0 Å². The minimum Gasteiger partial charge on any atom is -0.494 e. The van der Waals surface area contributed by atoms with Gasteiger partial charge in [-0.15, -0.1) is 11.3 Å². The second-order valence-corrected chi connectivity index (χ2v) is 9.00. The molecule has 3 heterocycles. The summed E-state index contributed by atoms with van der Waals surface area (Å²) in [5, 5.41) is 0.804. The third-order valence-electron chi connectivity index (χ3n) is 5.72. The van der Waals surface area contributed by atoms with Crippen LogP contribution in [0.5, 0.6) is 5.75 Å². The van der Waals surface area contributed by atoms with E-state index in [0.717, 1.165) is 59.8 Å². The second-order valence-electron chi connectivity index (χ2n) is 7.80. The van der Waals surface area contributed by atoms with E-state index in [1.807, 2.05) is 41.8 Å². The molecule has 5 nitrogen and oxygen atoms in total. The Morgan fingerprint density at radius 3 is 2.62 bits per heavy atom. The molecule has 1 aliphatic heterocycles. The summed E-state index contributed by atoms with van der Waals surface area (Å²) in [4.78, 5) is 22.7. The SMILES string of the molecule is Cc1sc2nc(CN3CCCC3)n(CCCCOc3ccccc3)c(=O)c2c1C. The molecular formula is C23H29N3O2S. The van der Waals surface area contributed by atoms with E-state index in [9.17, 15) is 4.79 Å². The van der Waals surface area contributed by atoms with Gasteiger partial charge >= 0.3 is 0 Å². The first-order valence-corrected chi connectivity index (χ1v) is 11.3. The van der Waals surface area contributed by atoms with Crippen LogP contribution >= 0.6 is 11.3 Å². The van der Waals surface area contributed by atoms with Crippen molar-refractivity contribution in [1.82, 2.24) is 14.5 Å². The largest absolute Gasteiger partial charge is 0.494 e. The molecule has 0 saturated carbocycles. The van der Waals surface area contributed by atoms with E-state index in [0.29, 0.717) is 13.2 Å². The number of unbranched alkanes of at least 4 members (excludes halogenated alkanes) is 1. The molecule has 3 aromatic rings. The van der Waals surface area contributed by atoms with Gasteiger partial charge in [-0.1, -0.05) is 18.2 Å². The summed E-state index contributed by atoms with van der Waals surface area (Å²) in [6.07, 6.45) is 4.28. The molecule has 6 heteroatoms. The monoisotopic (exact) mass is 411 g/mol. The van der Waals surface area contributed by atoms with Crippen LogP contribution < -0.4 is 10.3 Å². The molecule has 0 spiro atoms. The van der Waals surface area contributed by atoms with Crippen LogP contribution in [0, 0.1) is 13.8 Å². The van der Waals surface area contributed by atoms with Crippen molar-refractivity contribution in [2.24, 2.45) is 0 Å². The Kier molecular flexibility index (Phi) is 6.31. The Balaban J connectivity index is 1.50. The highest BCUT2D eigenvalue weighted by Crippen LogP contribution is 2.27. The minimum atomic E-state index is 0.120. The summed E-state index contributed by atoms with van der Waals surface area (Å²) in [6, 6.07) is 9.88. The predicted molar refractivity (Wildman–Crippen MR) is 119 cm³/mol. The summed E-state index contributed by atoms with van der Waals surface area (Å²) in [5.74, 6) is 1.81. The summed E-state index contributed by atoms with van der Waals surface area (Å²) >= 11 is 1.64. The molecule has 0 amide bonds. The van der Waals surface area contributed by atoms with Crippen molar-refractivity contribution in [3.63, 3.8) is 0 Å². The molecule has 1 aromatic carbocycles. The Morgan fingerprint density at radius 1 is 1.10 bits per heavy atom. The Bertz CT molecular complexity index is 1020. The molecule has 29 heavy (non-hydrogen) atoms. The van der Waals surface area contributed by atoms with Gasteiger partial charge in [0.1, 0.15) is 16.4 Å². The number of benzene rings is 1. The average Bonchev–Trinajstić information content (AvgIpc) is 3.32. The molecule has 0 unspecified atom stereocenters. The standard InChI is InChI=1S/C23H29N3O2S/c1-17-18(2)29-22-21(17)23(27)26(20(24-22)16-25-12-6-7-13-25)14-8-9-15-28-19-10-4-3-5-11-19/h3-5,10-11H,6-9,12-16H2,1-2H3. The topological polar surface area (TPSA) is 47.4 Å². The molecule has 1 fully saturated rings. The molecule has 0 N–H and O–H groups in total. The number of thiophene rings is 1. The molecule has 154 valence electrons. The third kappa shape index (κ3) is 4.54. The highest BCUT2D eigenvalue weighted by Gasteiger charge is 2.19. The Labute approximate surface area is 176 Å². The van der Waals surface area contributed by atoms with Gasteiger partial charge in [0.05, 0.1) is 18.5 Å². The number of nitrogens with zero attached hydrogens (tertiary/aromatic N) is 3. The van der Waals surface area contributed by atoms with Gasteiger partial charge in [-0.2, -0.15) is 0 Å². The minimum absolute atomic E-state index is 0.120. The van der Waals surface area contributed by atoms with E-state index < -0.39 is 0 Å². The lowest BCUT2D eigenvalue weighted by atomic mass is 10.2. The van der Waals surface area contributed by atoms with Gasteiger partial charge in [0.25, 0.3) is 5.56 Å². The lowest BCUT2D eigenvalue weighted by Gasteiger charge is -2.18. The highest BCUT2D eigenvalue weighted by molar-refractivity contribution is 7.18. The van der Waals surface area contributed by atoms with Crippen molar-refractivity contribution in [3.8, 4) is 5.75 Å². The van der Waals surface area contributed by atoms with E-state index in [-0.39, 0.29) is 5.56 Å². The maximum Gasteiger partial charge on any atom is 0.262 e. The van der Waals surface area contributed by atoms with Gasteiger partial charge < -0.3 is 4.74 Å². The number of hydrogen-bond acceptors (Lipinski definition) is 5. The molecule has 0 atom stereocenters. The van der Waals surface area contributed by atoms with Gasteiger partial charge in [-0.25, -0.2) is 4.98 Å². The number of ether oxygens (including phenoxy) is 1. The zero-order chi connectivity index (χ0) is 20.2. The summed E-state index contributed by atoms with van der Waals surface area (Å²) < 4.78 is 7.71. The van der Waals surface area contributed by atoms with Crippen LogP contribution in [0.1, 0.15) is 41.9 Å². The molecule has 2 aromatic heterocycles. The summed E-state index contributed by atoms with van der Waals surface area (Å²) in [7, 11) is 0. The van der Waals surface area contributed by atoms with Crippen molar-refractivity contribution in [3.05, 3.63) is 57.0 Å². The fourth-order valence-electron chi connectivity index (χ4n) is 3.94. The lowest BCUT2D eigenvalue weighted by molar-refractivity contribution is 0.296. The first-order chi connectivity index (χ1) is 14.1. The summed E-state index contributed by atoms with van der Waals surface area (Å²) in [6.45, 7) is 8.43. The van der Waals surface area contributed by atoms with Gasteiger partial charge in [0.15, 0.2) is 0 Å². The van der Waals surface area contributed by atoms with E-state index >= 15 is 0 Å². The van der Waals surface area contributed by atoms with E-state index in [4.69, 9.17) is 9.72 Å². The van der Waals surface area contributed by atoms with Crippen LogP contribution in [-0.4, -0.2) is 34.1 Å². The molecule has 0 aliphatic carbocycles. The molecular weight excluding hydrogens is 382 g/mol.